The largest absolute Gasteiger partial charge is 0.380 e. The van der Waals surface area contributed by atoms with E-state index in [1.165, 1.54) is 26.2 Å². The van der Waals surface area contributed by atoms with Gasteiger partial charge in [-0.05, 0) is 24.6 Å². The number of fused-ring (bicyclic) bond motifs is 2. The van der Waals surface area contributed by atoms with Crippen molar-refractivity contribution in [3.05, 3.63) is 47.3 Å². The van der Waals surface area contributed by atoms with E-state index in [2.05, 4.69) is 5.16 Å². The predicted octanol–water partition coefficient (Wildman–Crippen LogP) is 3.63. The Bertz CT molecular complexity index is 1520. The summed E-state index contributed by atoms with van der Waals surface area (Å²) in [5, 5.41) is 3.79. The van der Waals surface area contributed by atoms with Crippen LogP contribution >= 0.6 is 0 Å². The normalized spacial score (nSPS) is 21.1. The van der Waals surface area contributed by atoms with Gasteiger partial charge in [-0.2, -0.15) is 0 Å². The first kappa shape index (κ1) is 26.3. The highest BCUT2D eigenvalue weighted by Gasteiger charge is 2.63. The molecule has 0 bridgehead atoms. The van der Waals surface area contributed by atoms with Crippen LogP contribution in [0.1, 0.15) is 12.5 Å². The van der Waals surface area contributed by atoms with Gasteiger partial charge in [-0.15, -0.1) is 0 Å². The van der Waals surface area contributed by atoms with Crippen molar-refractivity contribution in [1.29, 1.82) is 0 Å². The number of urea groups is 1. The SMILES string of the molecule is CCS(=O)(=O)N[C@@H]1CN2C(=O)N(c3noc4cc(COC)cc(-c5c(F)cc(F)cc5F)c34)C[C@@H]2C1(F)F. The van der Waals surface area contributed by atoms with Gasteiger partial charge in [-0.1, -0.05) is 5.16 Å². The van der Waals surface area contributed by atoms with E-state index >= 15 is 8.78 Å². The van der Waals surface area contributed by atoms with Crippen LogP contribution in [0.4, 0.5) is 32.6 Å². The minimum absolute atomic E-state index is 0.00316. The van der Waals surface area contributed by atoms with Gasteiger partial charge in [0.1, 0.15) is 29.5 Å². The van der Waals surface area contributed by atoms with Crippen LogP contribution in [0.2, 0.25) is 0 Å². The number of carbonyl (C=O) groups is 1. The summed E-state index contributed by atoms with van der Waals surface area (Å²) >= 11 is 0. The first-order valence-corrected chi connectivity index (χ1v) is 13.0. The molecule has 2 aliphatic heterocycles. The molecule has 15 heteroatoms. The minimum atomic E-state index is -3.98. The molecular formula is C23H21F5N4O5S. The molecular weight excluding hydrogens is 539 g/mol. The number of methoxy groups -OCH3 is 1. The Kier molecular flexibility index (Phi) is 6.35. The van der Waals surface area contributed by atoms with E-state index < -0.39 is 75.9 Å². The maximum absolute atomic E-state index is 15.2. The third kappa shape index (κ3) is 4.18. The topological polar surface area (TPSA) is 105 Å². The number of nitrogens with zero attached hydrogens (tertiary/aromatic N) is 3. The van der Waals surface area contributed by atoms with Crippen molar-refractivity contribution in [3.8, 4) is 11.1 Å². The number of benzene rings is 2. The fraction of sp³-hybridized carbons (Fsp3) is 0.391. The number of ether oxygens (including phenoxy) is 1. The molecule has 2 aliphatic rings. The maximum atomic E-state index is 15.2. The monoisotopic (exact) mass is 560 g/mol. The van der Waals surface area contributed by atoms with Gasteiger partial charge in [0.15, 0.2) is 11.4 Å². The van der Waals surface area contributed by atoms with Gasteiger partial charge in [0.25, 0.3) is 5.92 Å². The molecule has 2 atom stereocenters. The molecule has 1 N–H and O–H groups in total. The van der Waals surface area contributed by atoms with Gasteiger partial charge in [0.2, 0.25) is 10.0 Å². The van der Waals surface area contributed by atoms with Gasteiger partial charge in [-0.3, -0.25) is 4.90 Å². The quantitative estimate of drug-likeness (QED) is 0.443. The summed E-state index contributed by atoms with van der Waals surface area (Å²) in [6.07, 6.45) is 0. The van der Waals surface area contributed by atoms with Gasteiger partial charge < -0.3 is 14.2 Å². The molecule has 9 nitrogen and oxygen atoms in total. The smallest absolute Gasteiger partial charge is 0.326 e. The minimum Gasteiger partial charge on any atom is -0.380 e. The molecule has 204 valence electrons. The lowest BCUT2D eigenvalue weighted by atomic mass is 9.97. The summed E-state index contributed by atoms with van der Waals surface area (Å²) in [6, 6.07) is -0.698. The predicted molar refractivity (Wildman–Crippen MR) is 125 cm³/mol. The average Bonchev–Trinajstić information content (AvgIpc) is 3.46. The maximum Gasteiger partial charge on any atom is 0.326 e. The van der Waals surface area contributed by atoms with Gasteiger partial charge >= 0.3 is 6.03 Å². The number of sulfonamides is 1. The fourth-order valence-electron chi connectivity index (χ4n) is 4.86. The molecule has 0 spiro atoms. The average molecular weight is 561 g/mol. The van der Waals surface area contributed by atoms with Crippen LogP contribution in [0.5, 0.6) is 0 Å². The number of nitrogens with one attached hydrogen (secondary N) is 1. The van der Waals surface area contributed by atoms with Crippen molar-refractivity contribution in [1.82, 2.24) is 14.8 Å². The first-order chi connectivity index (χ1) is 17.9. The van der Waals surface area contributed by atoms with E-state index in [1.807, 2.05) is 4.72 Å². The Balaban J connectivity index is 1.59. The van der Waals surface area contributed by atoms with E-state index in [4.69, 9.17) is 9.26 Å². The number of rotatable bonds is 7. The molecule has 1 aromatic heterocycles. The van der Waals surface area contributed by atoms with E-state index in [0.717, 1.165) is 9.80 Å². The van der Waals surface area contributed by atoms with E-state index in [-0.39, 0.29) is 29.0 Å². The van der Waals surface area contributed by atoms with Crippen LogP contribution in [-0.4, -0.2) is 68.5 Å². The highest BCUT2D eigenvalue weighted by atomic mass is 32.2. The second kappa shape index (κ2) is 9.17. The molecule has 2 fully saturated rings. The highest BCUT2D eigenvalue weighted by molar-refractivity contribution is 7.89. The molecule has 3 heterocycles. The third-order valence-electron chi connectivity index (χ3n) is 6.66. The van der Waals surface area contributed by atoms with Crippen molar-refractivity contribution in [2.45, 2.75) is 31.5 Å². The Morgan fingerprint density at radius 3 is 2.45 bits per heavy atom. The zero-order chi connectivity index (χ0) is 27.6. The Morgan fingerprint density at radius 1 is 1.16 bits per heavy atom. The Morgan fingerprint density at radius 2 is 1.84 bits per heavy atom. The third-order valence-corrected chi connectivity index (χ3v) is 8.06. The van der Waals surface area contributed by atoms with Gasteiger partial charge in [0.05, 0.1) is 29.9 Å². The summed E-state index contributed by atoms with van der Waals surface area (Å²) in [6.45, 7) is 0.0876. The van der Waals surface area contributed by atoms with E-state index in [0.29, 0.717) is 17.7 Å². The molecule has 2 aromatic carbocycles. The van der Waals surface area contributed by atoms with Crippen LogP contribution < -0.4 is 9.62 Å². The molecule has 2 saturated heterocycles. The lowest BCUT2D eigenvalue weighted by Gasteiger charge is -2.23. The Hall–Kier alpha value is -3.30. The van der Waals surface area contributed by atoms with Crippen LogP contribution in [-0.2, 0) is 21.4 Å². The molecule has 0 aliphatic carbocycles. The molecule has 38 heavy (non-hydrogen) atoms. The highest BCUT2D eigenvalue weighted by Crippen LogP contribution is 2.44. The number of aromatic nitrogens is 1. The molecule has 5 rings (SSSR count). The van der Waals surface area contributed by atoms with Gasteiger partial charge in [-0.25, -0.2) is 39.9 Å². The fourth-order valence-corrected chi connectivity index (χ4v) is 5.69. The summed E-state index contributed by atoms with van der Waals surface area (Å²) in [4.78, 5) is 14.9. The number of alkyl halides is 2. The number of hydrogen-bond acceptors (Lipinski definition) is 6. The molecule has 0 radical (unpaired) electrons. The number of hydrogen-bond donors (Lipinski definition) is 1. The summed E-state index contributed by atoms with van der Waals surface area (Å²) in [5.74, 6) is -7.95. The van der Waals surface area contributed by atoms with Crippen LogP contribution in [0.3, 0.4) is 0 Å². The lowest BCUT2D eigenvalue weighted by Crippen LogP contribution is -2.51. The Labute approximate surface area is 213 Å². The van der Waals surface area contributed by atoms with Crippen molar-refractivity contribution in [2.24, 2.45) is 0 Å². The van der Waals surface area contributed by atoms with Crippen LogP contribution in [0.15, 0.2) is 28.8 Å². The number of anilines is 1. The van der Waals surface area contributed by atoms with E-state index in [1.54, 1.807) is 0 Å². The van der Waals surface area contributed by atoms with Crippen molar-refractivity contribution in [3.63, 3.8) is 0 Å². The van der Waals surface area contributed by atoms with Crippen molar-refractivity contribution in [2.75, 3.05) is 30.9 Å². The summed E-state index contributed by atoms with van der Waals surface area (Å²) in [7, 11) is -2.59. The molecule has 2 amide bonds. The molecule has 3 aromatic rings. The van der Waals surface area contributed by atoms with Crippen LogP contribution in [0, 0.1) is 17.5 Å². The lowest BCUT2D eigenvalue weighted by molar-refractivity contribution is -0.0324. The number of amides is 2. The standard InChI is InChI=1S/C23H21F5N4O5S/c1-3-38(34,35)30-17-8-31-18(23(17,27)28)9-32(22(31)33)21-20-13(19-14(25)6-12(24)7-15(19)26)4-11(10-36-2)5-16(20)37-29-21/h4-7,17-18,30H,3,8-10H2,1-2H3/t17-,18-/m1/s1. The van der Waals surface area contributed by atoms with Crippen molar-refractivity contribution >= 4 is 32.8 Å². The first-order valence-electron chi connectivity index (χ1n) is 11.4. The van der Waals surface area contributed by atoms with Crippen LogP contribution in [0.25, 0.3) is 22.1 Å². The number of halogens is 5. The zero-order valence-corrected chi connectivity index (χ0v) is 20.8. The number of carbonyl (C=O) groups excluding carboxylic acids is 1. The van der Waals surface area contributed by atoms with Crippen molar-refractivity contribution < 1.29 is 44.4 Å². The van der Waals surface area contributed by atoms with E-state index in [9.17, 15) is 26.4 Å². The summed E-state index contributed by atoms with van der Waals surface area (Å²) < 4.78 is 110. The second-order valence-electron chi connectivity index (χ2n) is 9.01. The molecule has 0 saturated carbocycles. The molecule has 0 unspecified atom stereocenters. The summed E-state index contributed by atoms with van der Waals surface area (Å²) in [5.41, 5.74) is -0.397. The zero-order valence-electron chi connectivity index (χ0n) is 20.0. The van der Waals surface area contributed by atoms with Gasteiger partial charge in [0, 0.05) is 31.4 Å². The second-order valence-corrected chi connectivity index (χ2v) is 11.1.